The van der Waals surface area contributed by atoms with Crippen LogP contribution in [0.2, 0.25) is 0 Å². The predicted octanol–water partition coefficient (Wildman–Crippen LogP) is 4.89. The number of hydrogen-bond donors (Lipinski definition) is 1. The fourth-order valence-electron chi connectivity index (χ4n) is 4.15. The van der Waals surface area contributed by atoms with Gasteiger partial charge in [0.05, 0.1) is 18.2 Å². The first-order valence-corrected chi connectivity index (χ1v) is 11.9. The summed E-state index contributed by atoms with van der Waals surface area (Å²) in [6, 6.07) is 12.6. The number of amides is 1. The van der Waals surface area contributed by atoms with Crippen LogP contribution in [0.15, 0.2) is 48.0 Å². The first-order valence-electron chi connectivity index (χ1n) is 11.9. The lowest BCUT2D eigenvalue weighted by Gasteiger charge is -2.27. The van der Waals surface area contributed by atoms with E-state index in [-0.39, 0.29) is 11.3 Å². The van der Waals surface area contributed by atoms with Crippen LogP contribution in [-0.4, -0.2) is 60.4 Å². The summed E-state index contributed by atoms with van der Waals surface area (Å²) in [5, 5.41) is 11.3. The average Bonchev–Trinajstić information content (AvgIpc) is 3.06. The molecule has 0 saturated carbocycles. The maximum absolute atomic E-state index is 13.2. The van der Waals surface area contributed by atoms with Crippen molar-refractivity contribution in [3.05, 3.63) is 70.3 Å². The van der Waals surface area contributed by atoms with Gasteiger partial charge in [-0.1, -0.05) is 45.0 Å². The molecule has 0 aliphatic carbocycles. The maximum atomic E-state index is 13.2. The molecule has 1 fully saturated rings. The highest BCUT2D eigenvalue weighted by Crippen LogP contribution is 2.40. The molecule has 1 aliphatic rings. The molecule has 1 heterocycles. The second kappa shape index (κ2) is 10.9. The van der Waals surface area contributed by atoms with Gasteiger partial charge in [0, 0.05) is 18.7 Å². The van der Waals surface area contributed by atoms with Crippen molar-refractivity contribution in [3.63, 3.8) is 0 Å². The van der Waals surface area contributed by atoms with Crippen LogP contribution in [0, 0.1) is 6.92 Å². The number of aliphatic hydroxyl groups excluding tert-OH is 1. The fourth-order valence-corrected chi connectivity index (χ4v) is 4.15. The molecule has 1 saturated heterocycles. The molecule has 182 valence electrons. The van der Waals surface area contributed by atoms with Crippen molar-refractivity contribution in [2.45, 2.75) is 46.1 Å². The number of ketones is 1. The van der Waals surface area contributed by atoms with Gasteiger partial charge in [-0.15, -0.1) is 0 Å². The Morgan fingerprint density at radius 1 is 1.12 bits per heavy atom. The summed E-state index contributed by atoms with van der Waals surface area (Å²) >= 11 is 0. The number of ether oxygens (including phenoxy) is 1. The summed E-state index contributed by atoms with van der Waals surface area (Å²) in [4.78, 5) is 29.8. The molecule has 34 heavy (non-hydrogen) atoms. The van der Waals surface area contributed by atoms with Crippen molar-refractivity contribution < 1.29 is 19.4 Å². The first kappa shape index (κ1) is 25.5. The Morgan fingerprint density at radius 2 is 1.79 bits per heavy atom. The molecular formula is C28H36N2O4. The van der Waals surface area contributed by atoms with E-state index in [2.05, 4.69) is 13.8 Å². The summed E-state index contributed by atoms with van der Waals surface area (Å²) in [6.07, 6.45) is 0.896. The van der Waals surface area contributed by atoms with Gasteiger partial charge in [0.15, 0.2) is 0 Å². The van der Waals surface area contributed by atoms with Gasteiger partial charge in [-0.25, -0.2) is 0 Å². The Kier molecular flexibility index (Phi) is 8.15. The number of carbonyl (C=O) groups excluding carboxylic acids is 2. The normalized spacial score (nSPS) is 17.8. The van der Waals surface area contributed by atoms with E-state index in [4.69, 9.17) is 4.74 Å². The number of likely N-dealkylation sites (N-methyl/N-ethyl adjacent to an activating group) is 1. The number of aliphatic hydroxyl groups is 1. The molecule has 0 spiro atoms. The largest absolute Gasteiger partial charge is 0.507 e. The Bertz CT molecular complexity index is 1070. The van der Waals surface area contributed by atoms with Gasteiger partial charge >= 0.3 is 0 Å². The number of benzene rings is 2. The van der Waals surface area contributed by atoms with E-state index in [9.17, 15) is 14.7 Å². The van der Waals surface area contributed by atoms with E-state index < -0.39 is 17.7 Å². The van der Waals surface area contributed by atoms with E-state index >= 15 is 0 Å². The Balaban J connectivity index is 2.09. The minimum Gasteiger partial charge on any atom is -0.507 e. The number of likely N-dealkylation sites (tertiary alicyclic amines) is 1. The third kappa shape index (κ3) is 5.33. The lowest BCUT2D eigenvalue weighted by Crippen LogP contribution is -2.35. The molecule has 3 rings (SSSR count). The lowest BCUT2D eigenvalue weighted by molar-refractivity contribution is -0.140. The smallest absolute Gasteiger partial charge is 0.295 e. The van der Waals surface area contributed by atoms with Crippen molar-refractivity contribution in [2.24, 2.45) is 0 Å². The van der Waals surface area contributed by atoms with Gasteiger partial charge < -0.3 is 19.6 Å². The lowest BCUT2D eigenvalue weighted by atomic mass is 9.93. The molecule has 2 aromatic rings. The first-order chi connectivity index (χ1) is 16.1. The number of aryl methyl sites for hydroxylation is 1. The molecule has 0 unspecified atom stereocenters. The zero-order valence-corrected chi connectivity index (χ0v) is 21.1. The predicted molar refractivity (Wildman–Crippen MR) is 135 cm³/mol. The molecule has 1 amide bonds. The van der Waals surface area contributed by atoms with E-state index in [1.54, 1.807) is 23.1 Å². The van der Waals surface area contributed by atoms with Crippen LogP contribution in [0.3, 0.4) is 0 Å². The average molecular weight is 465 g/mol. The van der Waals surface area contributed by atoms with Crippen molar-refractivity contribution in [1.82, 2.24) is 9.80 Å². The summed E-state index contributed by atoms with van der Waals surface area (Å²) in [7, 11) is 3.85. The molecule has 1 aliphatic heterocycles. The standard InChI is InChI=1S/C28H36N2O4/c1-7-16-34-23-13-12-22(17-19(23)4)26(31)24-25(21-10-8-20(9-11-21)18(2)3)30(15-14-29(5)6)28(33)27(24)32/h8-13,17-18,25,31H,7,14-16H2,1-6H3/t25-/m1/s1. The van der Waals surface area contributed by atoms with Crippen LogP contribution < -0.4 is 4.74 Å². The van der Waals surface area contributed by atoms with Crippen LogP contribution >= 0.6 is 0 Å². The van der Waals surface area contributed by atoms with Crippen LogP contribution in [0.4, 0.5) is 0 Å². The Hall–Kier alpha value is -3.12. The van der Waals surface area contributed by atoms with E-state index in [0.717, 1.165) is 23.3 Å². The zero-order valence-electron chi connectivity index (χ0n) is 21.1. The number of carbonyl (C=O) groups is 2. The van der Waals surface area contributed by atoms with Crippen LogP contribution in [0.25, 0.3) is 5.76 Å². The van der Waals surface area contributed by atoms with E-state index in [0.29, 0.717) is 31.2 Å². The van der Waals surface area contributed by atoms with Crippen LogP contribution in [-0.2, 0) is 9.59 Å². The molecule has 6 heteroatoms. The second-order valence-electron chi connectivity index (χ2n) is 9.45. The van der Waals surface area contributed by atoms with Crippen molar-refractivity contribution in [1.29, 1.82) is 0 Å². The van der Waals surface area contributed by atoms with Crippen molar-refractivity contribution >= 4 is 17.4 Å². The van der Waals surface area contributed by atoms with Crippen molar-refractivity contribution in [2.75, 3.05) is 33.8 Å². The van der Waals surface area contributed by atoms with E-state index in [1.165, 1.54) is 5.56 Å². The van der Waals surface area contributed by atoms with Crippen LogP contribution in [0.1, 0.15) is 61.4 Å². The van der Waals surface area contributed by atoms with Gasteiger partial charge in [0.25, 0.3) is 11.7 Å². The molecule has 6 nitrogen and oxygen atoms in total. The molecule has 1 atom stereocenters. The van der Waals surface area contributed by atoms with Gasteiger partial charge in [-0.2, -0.15) is 0 Å². The minimum absolute atomic E-state index is 0.127. The monoisotopic (exact) mass is 464 g/mol. The summed E-state index contributed by atoms with van der Waals surface area (Å²) in [5.41, 5.74) is 3.46. The molecule has 0 aromatic heterocycles. The molecule has 0 bridgehead atoms. The molecule has 2 aromatic carbocycles. The van der Waals surface area contributed by atoms with E-state index in [1.807, 2.05) is 57.1 Å². The molecule has 1 N–H and O–H groups in total. The van der Waals surface area contributed by atoms with Crippen molar-refractivity contribution in [3.8, 4) is 5.75 Å². The minimum atomic E-state index is -0.654. The number of hydrogen-bond acceptors (Lipinski definition) is 5. The number of Topliss-reactive ketones (excluding diaryl/α,β-unsaturated/α-hetero) is 1. The summed E-state index contributed by atoms with van der Waals surface area (Å²) < 4.78 is 5.75. The Labute approximate surface area is 202 Å². The zero-order chi connectivity index (χ0) is 25.0. The Morgan fingerprint density at radius 3 is 2.35 bits per heavy atom. The second-order valence-corrected chi connectivity index (χ2v) is 9.45. The van der Waals surface area contributed by atoms with Crippen LogP contribution in [0.5, 0.6) is 5.75 Å². The highest BCUT2D eigenvalue weighted by molar-refractivity contribution is 6.46. The van der Waals surface area contributed by atoms with Gasteiger partial charge in [0.1, 0.15) is 11.5 Å². The quantitative estimate of drug-likeness (QED) is 0.325. The summed E-state index contributed by atoms with van der Waals surface area (Å²) in [5.74, 6) is -0.288. The number of nitrogens with zero attached hydrogens (tertiary/aromatic N) is 2. The topological polar surface area (TPSA) is 70.1 Å². The number of rotatable bonds is 9. The third-order valence-corrected chi connectivity index (χ3v) is 6.16. The SMILES string of the molecule is CCCOc1ccc(C(O)=C2C(=O)C(=O)N(CCN(C)C)[C@@H]2c2ccc(C(C)C)cc2)cc1C. The van der Waals surface area contributed by atoms with Gasteiger partial charge in [0.2, 0.25) is 0 Å². The highest BCUT2D eigenvalue weighted by Gasteiger charge is 2.45. The van der Waals surface area contributed by atoms with Gasteiger partial charge in [-0.3, -0.25) is 9.59 Å². The van der Waals surface area contributed by atoms with Gasteiger partial charge in [-0.05, 0) is 68.2 Å². The summed E-state index contributed by atoms with van der Waals surface area (Å²) in [6.45, 7) is 9.78. The highest BCUT2D eigenvalue weighted by atomic mass is 16.5. The fraction of sp³-hybridized carbons (Fsp3) is 0.429. The molecular weight excluding hydrogens is 428 g/mol. The molecule has 0 radical (unpaired) electrons. The maximum Gasteiger partial charge on any atom is 0.295 e. The third-order valence-electron chi connectivity index (χ3n) is 6.16.